The van der Waals surface area contributed by atoms with Gasteiger partial charge in [0.15, 0.2) is 0 Å². The van der Waals surface area contributed by atoms with Crippen molar-refractivity contribution in [3.05, 3.63) is 24.2 Å². The summed E-state index contributed by atoms with van der Waals surface area (Å²) in [6, 6.07) is 0. The Morgan fingerprint density at radius 1 is 1.67 bits per heavy atom. The first-order chi connectivity index (χ1) is 4.22. The highest BCUT2D eigenvalue weighted by atomic mass is 14.7. The molecule has 0 aromatic rings. The maximum absolute atomic E-state index is 3.61. The second kappa shape index (κ2) is 4.39. The molecule has 50 valence electrons. The molecule has 0 aromatic carbocycles. The summed E-state index contributed by atoms with van der Waals surface area (Å²) >= 11 is 0. The van der Waals surface area contributed by atoms with Crippen LogP contribution >= 0.6 is 0 Å². The van der Waals surface area contributed by atoms with Gasteiger partial charge in [0, 0.05) is 0 Å². The van der Waals surface area contributed by atoms with Crippen molar-refractivity contribution < 1.29 is 0 Å². The monoisotopic (exact) mass is 123 g/mol. The fourth-order valence-corrected chi connectivity index (χ4v) is 0.558. The Kier molecular flexibility index (Phi) is 4.15. The van der Waals surface area contributed by atoms with E-state index in [0.29, 0.717) is 6.85 Å². The van der Waals surface area contributed by atoms with Gasteiger partial charge in [0.25, 0.3) is 0 Å². The molecule has 2 heteroatoms. The molecule has 0 saturated carbocycles. The lowest BCUT2D eigenvalue weighted by Gasteiger charge is -2.03. The van der Waals surface area contributed by atoms with Crippen LogP contribution in [0.15, 0.2) is 24.2 Å². The highest BCUT2D eigenvalue weighted by molar-refractivity contribution is 6.62. The molecule has 0 aliphatic rings. The molecule has 0 rings (SSSR count). The molecule has 0 spiro atoms. The van der Waals surface area contributed by atoms with Gasteiger partial charge in [-0.3, -0.25) is 0 Å². The molecule has 0 unspecified atom stereocenters. The van der Waals surface area contributed by atoms with Crippen LogP contribution in [0.3, 0.4) is 0 Å². The van der Waals surface area contributed by atoms with E-state index in [-0.39, 0.29) is 0 Å². The van der Waals surface area contributed by atoms with Gasteiger partial charge in [0.1, 0.15) is 0 Å². The Bertz CT molecular complexity index is 118. The summed E-state index contributed by atoms with van der Waals surface area (Å²) in [5, 5.41) is 3.13. The molecule has 0 radical (unpaired) electrons. The number of allylic oxidation sites excluding steroid dienone is 3. The highest BCUT2D eigenvalue weighted by Gasteiger charge is 2.02. The summed E-state index contributed by atoms with van der Waals surface area (Å²) in [5.74, 6) is 0. The van der Waals surface area contributed by atoms with Crippen LogP contribution in [0.25, 0.3) is 0 Å². The minimum absolute atomic E-state index is 0.461. The lowest BCUT2D eigenvalue weighted by molar-refractivity contribution is 1.20. The first-order valence-corrected chi connectivity index (χ1v) is 3.18. The predicted octanol–water partition coefficient (Wildman–Crippen LogP) is 1.50. The van der Waals surface area contributed by atoms with Crippen LogP contribution in [0.2, 0.25) is 6.82 Å². The van der Waals surface area contributed by atoms with Gasteiger partial charge in [-0.1, -0.05) is 38.0 Å². The summed E-state index contributed by atoms with van der Waals surface area (Å²) in [5.41, 5.74) is 1.31. The molecular weight excluding hydrogens is 109 g/mol. The van der Waals surface area contributed by atoms with Crippen molar-refractivity contribution in [3.8, 4) is 0 Å². The first-order valence-electron chi connectivity index (χ1n) is 3.18. The molecule has 0 amide bonds. The van der Waals surface area contributed by atoms with Gasteiger partial charge in [0.05, 0.1) is 0 Å². The summed E-state index contributed by atoms with van der Waals surface area (Å²) < 4.78 is 0. The molecule has 0 aliphatic heterocycles. The van der Waals surface area contributed by atoms with Crippen molar-refractivity contribution in [1.82, 2.24) is 5.23 Å². The third-order valence-electron chi connectivity index (χ3n) is 1.50. The topological polar surface area (TPSA) is 12.0 Å². The molecular formula is C7H14BN. The van der Waals surface area contributed by atoms with E-state index in [2.05, 4.69) is 25.6 Å². The normalized spacial score (nSPS) is 11.2. The predicted molar refractivity (Wildman–Crippen MR) is 44.6 cm³/mol. The van der Waals surface area contributed by atoms with Gasteiger partial charge in [-0.05, 0) is 7.05 Å². The molecule has 0 heterocycles. The molecule has 1 nitrogen and oxygen atoms in total. The van der Waals surface area contributed by atoms with E-state index in [4.69, 9.17) is 0 Å². The maximum atomic E-state index is 3.61. The van der Waals surface area contributed by atoms with E-state index >= 15 is 0 Å². The van der Waals surface area contributed by atoms with Crippen LogP contribution in [-0.2, 0) is 0 Å². The highest BCUT2D eigenvalue weighted by Crippen LogP contribution is 1.94. The molecule has 1 N–H and O–H groups in total. The average Bonchev–Trinajstić information content (AvgIpc) is 1.87. The zero-order valence-electron chi connectivity index (χ0n) is 6.44. The molecule has 0 aromatic heterocycles. The standard InChI is InChI=1S/C7H14BN/c1-5-6-7(2)8(3)9-4/h5-6,9H,1H2,2-4H3/b7-6+. The Labute approximate surface area is 57.9 Å². The van der Waals surface area contributed by atoms with E-state index < -0.39 is 0 Å². The number of hydrogen-bond acceptors (Lipinski definition) is 1. The Morgan fingerprint density at radius 3 is 2.56 bits per heavy atom. The van der Waals surface area contributed by atoms with E-state index in [9.17, 15) is 0 Å². The van der Waals surface area contributed by atoms with Crippen LogP contribution in [0.1, 0.15) is 6.92 Å². The third kappa shape index (κ3) is 3.14. The minimum Gasteiger partial charge on any atom is -0.355 e. The fourth-order valence-electron chi connectivity index (χ4n) is 0.558. The summed E-state index contributed by atoms with van der Waals surface area (Å²) in [6.45, 7) is 8.28. The smallest absolute Gasteiger partial charge is 0.246 e. The van der Waals surface area contributed by atoms with Crippen LogP contribution < -0.4 is 5.23 Å². The second-order valence-electron chi connectivity index (χ2n) is 2.16. The number of nitrogens with one attached hydrogen (secondary N) is 1. The van der Waals surface area contributed by atoms with Crippen molar-refractivity contribution in [2.45, 2.75) is 13.7 Å². The lowest BCUT2D eigenvalue weighted by Crippen LogP contribution is -2.27. The Morgan fingerprint density at radius 2 is 2.22 bits per heavy atom. The quantitative estimate of drug-likeness (QED) is 0.442. The van der Waals surface area contributed by atoms with Crippen molar-refractivity contribution in [1.29, 1.82) is 0 Å². The third-order valence-corrected chi connectivity index (χ3v) is 1.50. The van der Waals surface area contributed by atoms with Crippen molar-refractivity contribution in [2.24, 2.45) is 0 Å². The van der Waals surface area contributed by atoms with Crippen molar-refractivity contribution in [3.63, 3.8) is 0 Å². The Balaban J connectivity index is 3.84. The number of hydrogen-bond donors (Lipinski definition) is 1. The minimum atomic E-state index is 0.461. The van der Waals surface area contributed by atoms with Crippen LogP contribution in [0, 0.1) is 0 Å². The van der Waals surface area contributed by atoms with Gasteiger partial charge < -0.3 is 5.23 Å². The molecule has 0 bridgehead atoms. The molecule has 0 saturated heterocycles. The second-order valence-corrected chi connectivity index (χ2v) is 2.16. The summed E-state index contributed by atoms with van der Waals surface area (Å²) in [4.78, 5) is 0. The van der Waals surface area contributed by atoms with Crippen LogP contribution in [0.4, 0.5) is 0 Å². The molecule has 0 aliphatic carbocycles. The van der Waals surface area contributed by atoms with Gasteiger partial charge in [-0.2, -0.15) is 0 Å². The van der Waals surface area contributed by atoms with Crippen LogP contribution in [0.5, 0.6) is 0 Å². The maximum Gasteiger partial charge on any atom is 0.246 e. The van der Waals surface area contributed by atoms with E-state index in [0.717, 1.165) is 0 Å². The van der Waals surface area contributed by atoms with E-state index in [1.807, 2.05) is 19.2 Å². The summed E-state index contributed by atoms with van der Waals surface area (Å²) in [7, 11) is 1.95. The van der Waals surface area contributed by atoms with E-state index in [1.54, 1.807) is 0 Å². The van der Waals surface area contributed by atoms with Gasteiger partial charge in [-0.25, -0.2) is 0 Å². The SMILES string of the molecule is C=C/C=C(\C)B(C)NC. The first kappa shape index (κ1) is 8.50. The van der Waals surface area contributed by atoms with Crippen LogP contribution in [-0.4, -0.2) is 13.9 Å². The number of rotatable bonds is 3. The largest absolute Gasteiger partial charge is 0.355 e. The Hall–Kier alpha value is -0.495. The zero-order valence-corrected chi connectivity index (χ0v) is 6.44. The molecule has 0 fully saturated rings. The van der Waals surface area contributed by atoms with Gasteiger partial charge >= 0.3 is 0 Å². The zero-order chi connectivity index (χ0) is 7.28. The van der Waals surface area contributed by atoms with Gasteiger partial charge in [-0.15, -0.1) is 0 Å². The average molecular weight is 123 g/mol. The van der Waals surface area contributed by atoms with Crippen molar-refractivity contribution in [2.75, 3.05) is 7.05 Å². The van der Waals surface area contributed by atoms with Gasteiger partial charge in [0.2, 0.25) is 6.85 Å². The molecule has 0 atom stereocenters. The lowest BCUT2D eigenvalue weighted by atomic mass is 9.58. The fraction of sp³-hybridized carbons (Fsp3) is 0.429. The molecule has 9 heavy (non-hydrogen) atoms. The summed E-state index contributed by atoms with van der Waals surface area (Å²) in [6.07, 6.45) is 3.82. The van der Waals surface area contributed by atoms with Crippen molar-refractivity contribution >= 4 is 6.85 Å². The van der Waals surface area contributed by atoms with E-state index in [1.165, 1.54) is 5.47 Å².